The topological polar surface area (TPSA) is 130 Å². The second-order valence-electron chi connectivity index (χ2n) is 4.75. The summed E-state index contributed by atoms with van der Waals surface area (Å²) in [6.07, 6.45) is 0. The maximum atomic E-state index is 13.9. The minimum atomic E-state index is -4.57. The molecule has 0 radical (unpaired) electrons. The van der Waals surface area contributed by atoms with Gasteiger partial charge in [0.05, 0.1) is 10.6 Å². The molecule has 2 N–H and O–H groups in total. The number of carbonyl (C=O) groups is 1. The standard InChI is InChI=1S/C14H12FN3O6S/c15-12-6-1-2-7-13(12)25(23,24)17(9-14(19)16-20)10-4-3-5-11(8-10)18(21)22/h1-8,20H,9H2,(H,16,19). The van der Waals surface area contributed by atoms with Gasteiger partial charge in [0.1, 0.15) is 17.3 Å². The number of nitro benzene ring substituents is 1. The number of anilines is 1. The highest BCUT2D eigenvalue weighted by atomic mass is 32.2. The highest BCUT2D eigenvalue weighted by molar-refractivity contribution is 7.92. The molecule has 0 unspecified atom stereocenters. The number of carbonyl (C=O) groups excluding carboxylic acids is 1. The lowest BCUT2D eigenvalue weighted by atomic mass is 10.3. The summed E-state index contributed by atoms with van der Waals surface area (Å²) in [6, 6.07) is 8.95. The number of sulfonamides is 1. The van der Waals surface area contributed by atoms with E-state index in [9.17, 15) is 27.7 Å². The number of non-ortho nitro benzene ring substituents is 1. The molecule has 25 heavy (non-hydrogen) atoms. The zero-order valence-electron chi connectivity index (χ0n) is 12.5. The zero-order chi connectivity index (χ0) is 18.6. The van der Waals surface area contributed by atoms with Crippen molar-refractivity contribution in [1.29, 1.82) is 0 Å². The Balaban J connectivity index is 2.61. The van der Waals surface area contributed by atoms with Crippen molar-refractivity contribution in [1.82, 2.24) is 5.48 Å². The minimum Gasteiger partial charge on any atom is -0.289 e. The molecule has 0 heterocycles. The summed E-state index contributed by atoms with van der Waals surface area (Å²) in [5.74, 6) is -2.16. The number of hydrogen-bond donors (Lipinski definition) is 2. The summed E-state index contributed by atoms with van der Waals surface area (Å²) in [7, 11) is -4.57. The highest BCUT2D eigenvalue weighted by Gasteiger charge is 2.30. The Morgan fingerprint density at radius 3 is 2.52 bits per heavy atom. The van der Waals surface area contributed by atoms with Crippen LogP contribution in [-0.4, -0.2) is 31.0 Å². The predicted octanol–water partition coefficient (Wildman–Crippen LogP) is 1.43. The molecule has 0 atom stereocenters. The van der Waals surface area contributed by atoms with Gasteiger partial charge in [-0.05, 0) is 18.2 Å². The molecule has 11 heteroatoms. The molecule has 2 aromatic carbocycles. The van der Waals surface area contributed by atoms with E-state index in [1.165, 1.54) is 29.7 Å². The first-order chi connectivity index (χ1) is 11.8. The summed E-state index contributed by atoms with van der Waals surface area (Å²) in [4.78, 5) is 20.9. The second-order valence-corrected chi connectivity index (χ2v) is 6.58. The Morgan fingerprint density at radius 1 is 1.24 bits per heavy atom. The van der Waals surface area contributed by atoms with Crippen LogP contribution in [0.5, 0.6) is 0 Å². The van der Waals surface area contributed by atoms with E-state index in [1.54, 1.807) is 0 Å². The number of nitro groups is 1. The Labute approximate surface area is 141 Å². The lowest BCUT2D eigenvalue weighted by molar-refractivity contribution is -0.384. The SMILES string of the molecule is O=C(CN(c1cccc([N+](=O)[O-])c1)S(=O)(=O)c1ccccc1F)NO. The van der Waals surface area contributed by atoms with E-state index in [2.05, 4.69) is 0 Å². The van der Waals surface area contributed by atoms with Crippen molar-refractivity contribution in [3.63, 3.8) is 0 Å². The van der Waals surface area contributed by atoms with Gasteiger partial charge in [-0.3, -0.25) is 24.4 Å². The molecule has 9 nitrogen and oxygen atoms in total. The van der Waals surface area contributed by atoms with Crippen LogP contribution in [0.25, 0.3) is 0 Å². The lowest BCUT2D eigenvalue weighted by Gasteiger charge is -2.23. The van der Waals surface area contributed by atoms with E-state index in [0.29, 0.717) is 4.31 Å². The van der Waals surface area contributed by atoms with Gasteiger partial charge < -0.3 is 0 Å². The average Bonchev–Trinajstić information content (AvgIpc) is 2.59. The third-order valence-corrected chi connectivity index (χ3v) is 4.95. The van der Waals surface area contributed by atoms with Crippen molar-refractivity contribution in [2.24, 2.45) is 0 Å². The first-order valence-electron chi connectivity index (χ1n) is 6.72. The molecule has 0 saturated heterocycles. The van der Waals surface area contributed by atoms with Gasteiger partial charge in [0.15, 0.2) is 0 Å². The predicted molar refractivity (Wildman–Crippen MR) is 84.0 cm³/mol. The molecule has 0 aromatic heterocycles. The van der Waals surface area contributed by atoms with Gasteiger partial charge in [-0.15, -0.1) is 0 Å². The number of hydroxylamine groups is 1. The van der Waals surface area contributed by atoms with Crippen molar-refractivity contribution < 1.29 is 27.7 Å². The summed E-state index contributed by atoms with van der Waals surface area (Å²) >= 11 is 0. The maximum Gasteiger partial charge on any atom is 0.271 e. The fourth-order valence-electron chi connectivity index (χ4n) is 2.02. The lowest BCUT2D eigenvalue weighted by Crippen LogP contribution is -2.40. The Bertz CT molecular complexity index is 918. The highest BCUT2D eigenvalue weighted by Crippen LogP contribution is 2.27. The molecular formula is C14H12FN3O6S. The normalized spacial score (nSPS) is 11.0. The van der Waals surface area contributed by atoms with Gasteiger partial charge in [0.25, 0.3) is 21.6 Å². The largest absolute Gasteiger partial charge is 0.289 e. The molecule has 0 spiro atoms. The minimum absolute atomic E-state index is 0.235. The van der Waals surface area contributed by atoms with Crippen LogP contribution in [0.3, 0.4) is 0 Å². The number of hydrogen-bond acceptors (Lipinski definition) is 6. The van der Waals surface area contributed by atoms with Crippen LogP contribution < -0.4 is 9.79 Å². The molecule has 0 saturated carbocycles. The smallest absolute Gasteiger partial charge is 0.271 e. The zero-order valence-corrected chi connectivity index (χ0v) is 13.3. The first-order valence-corrected chi connectivity index (χ1v) is 8.16. The fraction of sp³-hybridized carbons (Fsp3) is 0.0714. The molecule has 1 amide bonds. The van der Waals surface area contributed by atoms with Crippen molar-refractivity contribution >= 4 is 27.3 Å². The molecule has 2 aromatic rings. The van der Waals surface area contributed by atoms with Crippen molar-refractivity contribution in [2.75, 3.05) is 10.8 Å². The van der Waals surface area contributed by atoms with Crippen LogP contribution >= 0.6 is 0 Å². The number of nitrogens with zero attached hydrogens (tertiary/aromatic N) is 2. The molecule has 0 fully saturated rings. The van der Waals surface area contributed by atoms with Crippen molar-refractivity contribution in [3.8, 4) is 0 Å². The maximum absolute atomic E-state index is 13.9. The number of halogens is 1. The molecule has 132 valence electrons. The molecule has 0 aliphatic heterocycles. The Morgan fingerprint density at radius 2 is 1.92 bits per heavy atom. The van der Waals surface area contributed by atoms with E-state index < -0.39 is 43.8 Å². The van der Waals surface area contributed by atoms with Gasteiger partial charge in [0.2, 0.25) is 0 Å². The van der Waals surface area contributed by atoms with Crippen LogP contribution in [0.4, 0.5) is 15.8 Å². The summed E-state index contributed by atoms with van der Waals surface area (Å²) < 4.78 is 39.9. The Hall–Kier alpha value is -3.05. The monoisotopic (exact) mass is 369 g/mol. The van der Waals surface area contributed by atoms with E-state index in [1.807, 2.05) is 0 Å². The van der Waals surface area contributed by atoms with Crippen molar-refractivity contribution in [3.05, 3.63) is 64.5 Å². The van der Waals surface area contributed by atoms with Gasteiger partial charge in [-0.1, -0.05) is 18.2 Å². The quantitative estimate of drug-likeness (QED) is 0.450. The molecule has 0 aliphatic carbocycles. The summed E-state index contributed by atoms with van der Waals surface area (Å²) in [5, 5.41) is 19.5. The van der Waals surface area contributed by atoms with E-state index >= 15 is 0 Å². The molecular weight excluding hydrogens is 357 g/mol. The van der Waals surface area contributed by atoms with Gasteiger partial charge in [-0.2, -0.15) is 0 Å². The van der Waals surface area contributed by atoms with Crippen LogP contribution in [-0.2, 0) is 14.8 Å². The Kier molecular flexibility index (Phi) is 5.29. The summed E-state index contributed by atoms with van der Waals surface area (Å²) in [5.41, 5.74) is 0.612. The summed E-state index contributed by atoms with van der Waals surface area (Å²) in [6.45, 7) is -0.908. The third kappa shape index (κ3) is 3.89. The van der Waals surface area contributed by atoms with Gasteiger partial charge >= 0.3 is 0 Å². The van der Waals surface area contributed by atoms with E-state index in [-0.39, 0.29) is 5.69 Å². The first kappa shape index (κ1) is 18.3. The number of benzene rings is 2. The number of nitrogens with one attached hydrogen (secondary N) is 1. The molecule has 2 rings (SSSR count). The number of amides is 1. The second kappa shape index (κ2) is 7.23. The fourth-order valence-corrected chi connectivity index (χ4v) is 3.50. The van der Waals surface area contributed by atoms with E-state index in [4.69, 9.17) is 5.21 Å². The van der Waals surface area contributed by atoms with Crippen molar-refractivity contribution in [2.45, 2.75) is 4.90 Å². The molecule has 0 aliphatic rings. The molecule has 0 bridgehead atoms. The van der Waals surface area contributed by atoms with Crippen LogP contribution in [0.1, 0.15) is 0 Å². The van der Waals surface area contributed by atoms with Crippen LogP contribution in [0.15, 0.2) is 53.4 Å². The third-order valence-electron chi connectivity index (χ3n) is 3.15. The number of rotatable bonds is 6. The van der Waals surface area contributed by atoms with Gasteiger partial charge in [-0.25, -0.2) is 18.3 Å². The van der Waals surface area contributed by atoms with Crippen LogP contribution in [0, 0.1) is 15.9 Å². The van der Waals surface area contributed by atoms with Gasteiger partial charge in [0, 0.05) is 12.1 Å². The average molecular weight is 369 g/mol. The van der Waals surface area contributed by atoms with Crippen LogP contribution in [0.2, 0.25) is 0 Å². The van der Waals surface area contributed by atoms with E-state index in [0.717, 1.165) is 24.3 Å².